The molecule has 1 aliphatic heterocycles. The maximum absolute atomic E-state index is 11.1. The maximum Gasteiger partial charge on any atom is 0.306 e. The van der Waals surface area contributed by atoms with Crippen molar-refractivity contribution in [3.8, 4) is 0 Å². The summed E-state index contributed by atoms with van der Waals surface area (Å²) in [7, 11) is 0. The Morgan fingerprint density at radius 2 is 2.00 bits per heavy atom. The molecule has 0 aromatic heterocycles. The lowest BCUT2D eigenvalue weighted by Gasteiger charge is -2.46. The summed E-state index contributed by atoms with van der Waals surface area (Å²) < 4.78 is 0. The Bertz CT molecular complexity index is 442. The molecule has 1 saturated heterocycles. The van der Waals surface area contributed by atoms with Gasteiger partial charge in [0.15, 0.2) is 0 Å². The highest BCUT2D eigenvalue weighted by atomic mass is 35.5. The van der Waals surface area contributed by atoms with E-state index in [2.05, 4.69) is 18.7 Å². The molecule has 0 bridgehead atoms. The Morgan fingerprint density at radius 3 is 2.50 bits per heavy atom. The van der Waals surface area contributed by atoms with Gasteiger partial charge in [0.25, 0.3) is 0 Å². The Morgan fingerprint density at radius 1 is 1.39 bits per heavy atom. The lowest BCUT2D eigenvalue weighted by Crippen LogP contribution is -2.51. The summed E-state index contributed by atoms with van der Waals surface area (Å²) >= 11 is 5.89. The summed E-state index contributed by atoms with van der Waals surface area (Å²) in [6.07, 6.45) is 1.37. The van der Waals surface area contributed by atoms with E-state index in [4.69, 9.17) is 16.7 Å². The van der Waals surface area contributed by atoms with Crippen LogP contribution in [-0.4, -0.2) is 23.2 Å². The van der Waals surface area contributed by atoms with Crippen molar-refractivity contribution >= 4 is 23.3 Å². The Labute approximate surface area is 112 Å². The van der Waals surface area contributed by atoms with E-state index in [1.54, 1.807) is 0 Å². The van der Waals surface area contributed by atoms with Gasteiger partial charge in [-0.15, -0.1) is 0 Å². The SMILES string of the molecule is CC1(C)CC(C(=O)O)CCN1c1ccc(Cl)cc1. The summed E-state index contributed by atoms with van der Waals surface area (Å²) in [4.78, 5) is 13.4. The second-order valence-electron chi connectivity index (χ2n) is 5.47. The number of hydrogen-bond donors (Lipinski definition) is 1. The molecule has 1 aromatic rings. The van der Waals surface area contributed by atoms with Crippen molar-refractivity contribution in [1.29, 1.82) is 0 Å². The quantitative estimate of drug-likeness (QED) is 0.893. The molecule has 0 spiro atoms. The number of carboxylic acid groups (broad SMARTS) is 1. The van der Waals surface area contributed by atoms with Crippen molar-refractivity contribution in [3.63, 3.8) is 0 Å². The van der Waals surface area contributed by atoms with Gasteiger partial charge < -0.3 is 10.0 Å². The molecule has 98 valence electrons. The predicted octanol–water partition coefficient (Wildman–Crippen LogP) is 3.42. The van der Waals surface area contributed by atoms with Crippen molar-refractivity contribution < 1.29 is 9.90 Å². The van der Waals surface area contributed by atoms with E-state index in [1.165, 1.54) is 0 Å². The normalized spacial score (nSPS) is 22.8. The molecule has 1 aliphatic rings. The molecule has 0 radical (unpaired) electrons. The number of piperidine rings is 1. The fourth-order valence-electron chi connectivity index (χ4n) is 2.71. The molecule has 0 amide bonds. The van der Waals surface area contributed by atoms with Crippen LogP contribution in [0.2, 0.25) is 5.02 Å². The first-order valence-corrected chi connectivity index (χ1v) is 6.54. The van der Waals surface area contributed by atoms with Gasteiger partial charge in [0.05, 0.1) is 5.92 Å². The van der Waals surface area contributed by atoms with E-state index >= 15 is 0 Å². The summed E-state index contributed by atoms with van der Waals surface area (Å²) in [6.45, 7) is 4.96. The number of benzene rings is 1. The van der Waals surface area contributed by atoms with E-state index in [1.807, 2.05) is 24.3 Å². The monoisotopic (exact) mass is 267 g/mol. The van der Waals surface area contributed by atoms with Crippen molar-refractivity contribution in [2.24, 2.45) is 5.92 Å². The molecule has 1 unspecified atom stereocenters. The number of carbonyl (C=O) groups is 1. The molecule has 1 atom stereocenters. The van der Waals surface area contributed by atoms with Gasteiger partial charge in [-0.2, -0.15) is 0 Å². The van der Waals surface area contributed by atoms with Crippen LogP contribution in [0.25, 0.3) is 0 Å². The van der Waals surface area contributed by atoms with Gasteiger partial charge in [0.1, 0.15) is 0 Å². The predicted molar refractivity (Wildman–Crippen MR) is 73.2 cm³/mol. The zero-order valence-corrected chi connectivity index (χ0v) is 11.4. The topological polar surface area (TPSA) is 40.5 Å². The van der Waals surface area contributed by atoms with E-state index in [-0.39, 0.29) is 11.5 Å². The lowest BCUT2D eigenvalue weighted by molar-refractivity contribution is -0.143. The fourth-order valence-corrected chi connectivity index (χ4v) is 2.84. The van der Waals surface area contributed by atoms with E-state index < -0.39 is 5.97 Å². The van der Waals surface area contributed by atoms with Crippen LogP contribution in [0, 0.1) is 5.92 Å². The molecular formula is C14H18ClNO2. The molecule has 1 N–H and O–H groups in total. The number of halogens is 1. The molecule has 0 saturated carbocycles. The van der Waals surface area contributed by atoms with Crippen LogP contribution < -0.4 is 4.90 Å². The maximum atomic E-state index is 11.1. The van der Waals surface area contributed by atoms with Gasteiger partial charge in [-0.3, -0.25) is 4.79 Å². The Kier molecular flexibility index (Phi) is 3.53. The standard InChI is InChI=1S/C14H18ClNO2/c1-14(2)9-10(13(17)18)7-8-16(14)12-5-3-11(15)4-6-12/h3-6,10H,7-9H2,1-2H3,(H,17,18). The second kappa shape index (κ2) is 4.81. The minimum atomic E-state index is -0.682. The summed E-state index contributed by atoms with van der Waals surface area (Å²) in [6, 6.07) is 7.73. The number of anilines is 1. The number of rotatable bonds is 2. The van der Waals surface area contributed by atoms with Crippen LogP contribution in [0.15, 0.2) is 24.3 Å². The van der Waals surface area contributed by atoms with E-state index in [0.717, 1.165) is 17.3 Å². The Balaban J connectivity index is 2.20. The molecule has 1 aromatic carbocycles. The van der Waals surface area contributed by atoms with Crippen molar-refractivity contribution in [1.82, 2.24) is 0 Å². The van der Waals surface area contributed by atoms with Crippen LogP contribution in [0.3, 0.4) is 0 Å². The third kappa shape index (κ3) is 2.61. The van der Waals surface area contributed by atoms with Crippen LogP contribution >= 0.6 is 11.6 Å². The third-order valence-electron chi connectivity index (χ3n) is 3.67. The second-order valence-corrected chi connectivity index (χ2v) is 5.90. The zero-order chi connectivity index (χ0) is 13.3. The number of hydrogen-bond acceptors (Lipinski definition) is 2. The fraction of sp³-hybridized carbons (Fsp3) is 0.500. The first-order chi connectivity index (χ1) is 8.40. The summed E-state index contributed by atoms with van der Waals surface area (Å²) in [5, 5.41) is 9.85. The van der Waals surface area contributed by atoms with Crippen molar-refractivity contribution in [2.75, 3.05) is 11.4 Å². The minimum absolute atomic E-state index is 0.144. The van der Waals surface area contributed by atoms with E-state index in [0.29, 0.717) is 12.8 Å². The largest absolute Gasteiger partial charge is 0.481 e. The highest BCUT2D eigenvalue weighted by Gasteiger charge is 2.37. The van der Waals surface area contributed by atoms with Gasteiger partial charge >= 0.3 is 5.97 Å². The van der Waals surface area contributed by atoms with Crippen LogP contribution in [0.5, 0.6) is 0 Å². The van der Waals surface area contributed by atoms with E-state index in [9.17, 15) is 4.79 Å². The molecule has 4 heteroatoms. The van der Waals surface area contributed by atoms with Gasteiger partial charge in [0, 0.05) is 22.8 Å². The highest BCUT2D eigenvalue weighted by molar-refractivity contribution is 6.30. The van der Waals surface area contributed by atoms with Crippen LogP contribution in [-0.2, 0) is 4.79 Å². The molecular weight excluding hydrogens is 250 g/mol. The van der Waals surface area contributed by atoms with Gasteiger partial charge in [-0.1, -0.05) is 11.6 Å². The lowest BCUT2D eigenvalue weighted by atomic mass is 9.82. The zero-order valence-electron chi connectivity index (χ0n) is 10.7. The smallest absolute Gasteiger partial charge is 0.306 e. The van der Waals surface area contributed by atoms with Crippen LogP contribution in [0.4, 0.5) is 5.69 Å². The van der Waals surface area contributed by atoms with Gasteiger partial charge in [0.2, 0.25) is 0 Å². The first kappa shape index (κ1) is 13.2. The van der Waals surface area contributed by atoms with Gasteiger partial charge in [-0.05, 0) is 51.0 Å². The molecule has 1 fully saturated rings. The molecule has 18 heavy (non-hydrogen) atoms. The number of nitrogens with zero attached hydrogens (tertiary/aromatic N) is 1. The average molecular weight is 268 g/mol. The molecule has 2 rings (SSSR count). The van der Waals surface area contributed by atoms with Crippen molar-refractivity contribution in [2.45, 2.75) is 32.2 Å². The average Bonchev–Trinajstić information content (AvgIpc) is 2.29. The van der Waals surface area contributed by atoms with Gasteiger partial charge in [-0.25, -0.2) is 0 Å². The Hall–Kier alpha value is -1.22. The number of aliphatic carboxylic acids is 1. The molecule has 3 nitrogen and oxygen atoms in total. The number of carboxylic acids is 1. The highest BCUT2D eigenvalue weighted by Crippen LogP contribution is 2.35. The summed E-state index contributed by atoms with van der Waals surface area (Å²) in [5.74, 6) is -0.914. The molecule has 0 aliphatic carbocycles. The first-order valence-electron chi connectivity index (χ1n) is 6.16. The molecule has 1 heterocycles. The third-order valence-corrected chi connectivity index (χ3v) is 3.92. The summed E-state index contributed by atoms with van der Waals surface area (Å²) in [5.41, 5.74) is 0.961. The van der Waals surface area contributed by atoms with Crippen LogP contribution in [0.1, 0.15) is 26.7 Å². The van der Waals surface area contributed by atoms with Crippen molar-refractivity contribution in [3.05, 3.63) is 29.3 Å². The minimum Gasteiger partial charge on any atom is -0.481 e.